The van der Waals surface area contributed by atoms with Gasteiger partial charge in [-0.05, 0) is 62.5 Å². The van der Waals surface area contributed by atoms with E-state index in [2.05, 4.69) is 69.2 Å². The van der Waals surface area contributed by atoms with Gasteiger partial charge in [-0.25, -0.2) is 4.98 Å². The molecule has 1 aliphatic heterocycles. The Kier molecular flexibility index (Phi) is 6.66. The number of benzene rings is 1. The normalized spacial score (nSPS) is 13.8. The van der Waals surface area contributed by atoms with Crippen LogP contribution in [0, 0.1) is 11.3 Å². The van der Waals surface area contributed by atoms with Crippen molar-refractivity contribution >= 4 is 34.5 Å². The molecule has 0 spiro atoms. The van der Waals surface area contributed by atoms with Crippen molar-refractivity contribution in [1.29, 1.82) is 5.26 Å². The summed E-state index contributed by atoms with van der Waals surface area (Å²) >= 11 is 5.61. The summed E-state index contributed by atoms with van der Waals surface area (Å²) in [5.41, 5.74) is 2.82. The standard InChI is InChI=1S/C21H26N6S/c1-3-25(4-2)19-8-6-18(7-9-19)24-21(28)27-13-11-26(12-14-27)20-10-5-17(15-22)16-23-20/h5-10,16H,3-4,11-14H2,1-2H3,(H,24,28). The third-order valence-corrected chi connectivity index (χ3v) is 5.38. The number of aromatic nitrogens is 1. The molecular weight excluding hydrogens is 368 g/mol. The molecule has 1 aromatic carbocycles. The Morgan fingerprint density at radius 2 is 1.79 bits per heavy atom. The number of pyridine rings is 1. The second-order valence-electron chi connectivity index (χ2n) is 6.64. The first-order valence-corrected chi connectivity index (χ1v) is 10.1. The molecule has 0 bridgehead atoms. The van der Waals surface area contributed by atoms with Gasteiger partial charge in [0.05, 0.1) is 5.56 Å². The number of nitriles is 1. The number of piperazine rings is 1. The smallest absolute Gasteiger partial charge is 0.173 e. The third kappa shape index (κ3) is 4.70. The Labute approximate surface area is 172 Å². The zero-order valence-electron chi connectivity index (χ0n) is 16.4. The van der Waals surface area contributed by atoms with E-state index in [9.17, 15) is 0 Å². The molecule has 0 amide bonds. The summed E-state index contributed by atoms with van der Waals surface area (Å²) in [5, 5.41) is 13.0. The molecule has 1 fully saturated rings. The lowest BCUT2D eigenvalue weighted by molar-refractivity contribution is 0.389. The third-order valence-electron chi connectivity index (χ3n) is 5.02. The zero-order valence-corrected chi connectivity index (χ0v) is 17.2. The minimum atomic E-state index is 0.583. The fraction of sp³-hybridized carbons (Fsp3) is 0.381. The van der Waals surface area contributed by atoms with Crippen molar-refractivity contribution in [1.82, 2.24) is 9.88 Å². The summed E-state index contributed by atoms with van der Waals surface area (Å²) in [7, 11) is 0. The van der Waals surface area contributed by atoms with E-state index in [1.807, 2.05) is 12.1 Å². The molecule has 3 rings (SSSR count). The summed E-state index contributed by atoms with van der Waals surface area (Å²) in [6.45, 7) is 9.70. The Balaban J connectivity index is 1.53. The number of rotatable bonds is 5. The monoisotopic (exact) mass is 394 g/mol. The van der Waals surface area contributed by atoms with Crippen molar-refractivity contribution < 1.29 is 0 Å². The van der Waals surface area contributed by atoms with Gasteiger partial charge in [0.2, 0.25) is 0 Å². The van der Waals surface area contributed by atoms with Crippen molar-refractivity contribution in [2.75, 3.05) is 54.4 Å². The second kappa shape index (κ2) is 9.38. The van der Waals surface area contributed by atoms with Crippen LogP contribution in [-0.4, -0.2) is 54.3 Å². The summed E-state index contributed by atoms with van der Waals surface area (Å²) in [6.07, 6.45) is 1.62. The van der Waals surface area contributed by atoms with Crippen LogP contribution in [0.5, 0.6) is 0 Å². The minimum absolute atomic E-state index is 0.583. The largest absolute Gasteiger partial charge is 0.372 e. The highest BCUT2D eigenvalue weighted by Crippen LogP contribution is 2.19. The quantitative estimate of drug-likeness (QED) is 0.781. The molecule has 1 aromatic heterocycles. The number of anilines is 3. The first kappa shape index (κ1) is 19.9. The summed E-state index contributed by atoms with van der Waals surface area (Å²) in [5.74, 6) is 0.907. The molecule has 28 heavy (non-hydrogen) atoms. The van der Waals surface area contributed by atoms with Crippen LogP contribution in [0.25, 0.3) is 0 Å². The molecule has 0 saturated carbocycles. The maximum atomic E-state index is 8.89. The highest BCUT2D eigenvalue weighted by molar-refractivity contribution is 7.80. The van der Waals surface area contributed by atoms with E-state index in [1.165, 1.54) is 5.69 Å². The first-order chi connectivity index (χ1) is 13.6. The Hall–Kier alpha value is -2.85. The maximum absolute atomic E-state index is 8.89. The van der Waals surface area contributed by atoms with Gasteiger partial charge < -0.3 is 20.0 Å². The van der Waals surface area contributed by atoms with Gasteiger partial charge in [0.25, 0.3) is 0 Å². The van der Waals surface area contributed by atoms with E-state index in [4.69, 9.17) is 17.5 Å². The van der Waals surface area contributed by atoms with Crippen LogP contribution in [0.2, 0.25) is 0 Å². The van der Waals surface area contributed by atoms with Crippen LogP contribution in [0.3, 0.4) is 0 Å². The molecule has 1 aliphatic rings. The first-order valence-electron chi connectivity index (χ1n) is 9.66. The summed E-state index contributed by atoms with van der Waals surface area (Å²) in [4.78, 5) is 11.1. The van der Waals surface area contributed by atoms with E-state index < -0.39 is 0 Å². The van der Waals surface area contributed by atoms with Gasteiger partial charge in [0.1, 0.15) is 11.9 Å². The van der Waals surface area contributed by atoms with E-state index in [0.29, 0.717) is 5.56 Å². The van der Waals surface area contributed by atoms with Crippen LogP contribution in [0.4, 0.5) is 17.2 Å². The average molecular weight is 395 g/mol. The van der Waals surface area contributed by atoms with Gasteiger partial charge in [-0.1, -0.05) is 0 Å². The Bertz CT molecular complexity index is 815. The van der Waals surface area contributed by atoms with Crippen LogP contribution in [-0.2, 0) is 0 Å². The fourth-order valence-electron chi connectivity index (χ4n) is 3.32. The van der Waals surface area contributed by atoms with Crippen molar-refractivity contribution in [2.45, 2.75) is 13.8 Å². The molecule has 1 N–H and O–H groups in total. The molecule has 7 heteroatoms. The Morgan fingerprint density at radius 1 is 1.11 bits per heavy atom. The van der Waals surface area contributed by atoms with Crippen LogP contribution >= 0.6 is 12.2 Å². The van der Waals surface area contributed by atoms with Gasteiger partial charge in [-0.2, -0.15) is 5.26 Å². The Morgan fingerprint density at radius 3 is 2.32 bits per heavy atom. The molecule has 0 atom stereocenters. The SMILES string of the molecule is CCN(CC)c1ccc(NC(=S)N2CCN(c3ccc(C#N)cn3)CC2)cc1. The molecular formula is C21H26N6S. The van der Waals surface area contributed by atoms with Crippen LogP contribution in [0.15, 0.2) is 42.6 Å². The fourth-order valence-corrected chi connectivity index (χ4v) is 3.63. The predicted octanol–water partition coefficient (Wildman–Crippen LogP) is 3.32. The predicted molar refractivity (Wildman–Crippen MR) is 119 cm³/mol. The summed E-state index contributed by atoms with van der Waals surface area (Å²) in [6, 6.07) is 14.2. The van der Waals surface area contributed by atoms with Gasteiger partial charge in [0.15, 0.2) is 5.11 Å². The topological polar surface area (TPSA) is 58.4 Å². The van der Waals surface area contributed by atoms with E-state index in [-0.39, 0.29) is 0 Å². The summed E-state index contributed by atoms with van der Waals surface area (Å²) < 4.78 is 0. The number of hydrogen-bond acceptors (Lipinski definition) is 5. The number of nitrogens with one attached hydrogen (secondary N) is 1. The van der Waals surface area contributed by atoms with Crippen molar-refractivity contribution in [3.63, 3.8) is 0 Å². The van der Waals surface area contributed by atoms with E-state index in [0.717, 1.165) is 55.9 Å². The number of thiocarbonyl (C=S) groups is 1. The van der Waals surface area contributed by atoms with Gasteiger partial charge in [0, 0.05) is 56.8 Å². The molecule has 0 aliphatic carbocycles. The van der Waals surface area contributed by atoms with Crippen molar-refractivity contribution in [2.24, 2.45) is 0 Å². The van der Waals surface area contributed by atoms with E-state index in [1.54, 1.807) is 6.20 Å². The second-order valence-corrected chi connectivity index (χ2v) is 7.03. The average Bonchev–Trinajstić information content (AvgIpc) is 2.76. The molecule has 6 nitrogen and oxygen atoms in total. The van der Waals surface area contributed by atoms with Gasteiger partial charge in [-0.3, -0.25) is 0 Å². The van der Waals surface area contributed by atoms with Crippen molar-refractivity contribution in [3.05, 3.63) is 48.2 Å². The minimum Gasteiger partial charge on any atom is -0.372 e. The molecule has 2 aromatic rings. The molecule has 1 saturated heterocycles. The zero-order chi connectivity index (χ0) is 19.9. The molecule has 2 heterocycles. The number of hydrogen-bond donors (Lipinski definition) is 1. The molecule has 0 radical (unpaired) electrons. The van der Waals surface area contributed by atoms with Gasteiger partial charge in [-0.15, -0.1) is 0 Å². The lowest BCUT2D eigenvalue weighted by Crippen LogP contribution is -2.50. The highest BCUT2D eigenvalue weighted by atomic mass is 32.1. The van der Waals surface area contributed by atoms with E-state index >= 15 is 0 Å². The highest BCUT2D eigenvalue weighted by Gasteiger charge is 2.20. The maximum Gasteiger partial charge on any atom is 0.173 e. The van der Waals surface area contributed by atoms with Gasteiger partial charge >= 0.3 is 0 Å². The molecule has 146 valence electrons. The van der Waals surface area contributed by atoms with Crippen LogP contribution in [0.1, 0.15) is 19.4 Å². The van der Waals surface area contributed by atoms with Crippen molar-refractivity contribution in [3.8, 4) is 6.07 Å². The van der Waals surface area contributed by atoms with Crippen LogP contribution < -0.4 is 15.1 Å². The number of nitrogens with zero attached hydrogens (tertiary/aromatic N) is 5. The molecule has 0 unspecified atom stereocenters. The lowest BCUT2D eigenvalue weighted by Gasteiger charge is -2.36. The lowest BCUT2D eigenvalue weighted by atomic mass is 10.2.